The number of halogens is 2. The normalized spacial score (nSPS) is 10.4. The molecule has 4 aromatic rings. The van der Waals surface area contributed by atoms with E-state index >= 15 is 0 Å². The van der Waals surface area contributed by atoms with Gasteiger partial charge < -0.3 is 0 Å². The minimum absolute atomic E-state index is 0.187. The van der Waals surface area contributed by atoms with Gasteiger partial charge in [-0.05, 0) is 71.5 Å². The van der Waals surface area contributed by atoms with Gasteiger partial charge in [0.25, 0.3) is 11.8 Å². The first-order valence-corrected chi connectivity index (χ1v) is 11.4. The molecule has 0 fully saturated rings. The van der Waals surface area contributed by atoms with E-state index in [-0.39, 0.29) is 16.1 Å². The van der Waals surface area contributed by atoms with Gasteiger partial charge in [-0.3, -0.25) is 14.6 Å². The third-order valence-electron chi connectivity index (χ3n) is 5.03. The summed E-state index contributed by atoms with van der Waals surface area (Å²) >= 11 is 8.14. The van der Waals surface area contributed by atoms with Gasteiger partial charge in [0, 0.05) is 31.8 Å². The van der Waals surface area contributed by atoms with Crippen molar-refractivity contribution in [3.63, 3.8) is 0 Å². The Kier molecular flexibility index (Phi) is 6.75. The van der Waals surface area contributed by atoms with Crippen LogP contribution >= 0.6 is 34.2 Å². The van der Waals surface area contributed by atoms with Gasteiger partial charge in [-0.1, -0.05) is 53.8 Å². The summed E-state index contributed by atoms with van der Waals surface area (Å²) in [6, 6.07) is 19.8. The molecule has 0 bridgehead atoms. The van der Waals surface area contributed by atoms with Crippen LogP contribution in [0.2, 0.25) is 5.02 Å². The summed E-state index contributed by atoms with van der Waals surface area (Å²) in [5, 5.41) is 1.81. The summed E-state index contributed by atoms with van der Waals surface area (Å²) < 4.78 is 0.604. The number of nitrogens with zero attached hydrogens (tertiary/aromatic N) is 2. The molecule has 7 heteroatoms. The van der Waals surface area contributed by atoms with E-state index in [1.807, 2.05) is 59.8 Å². The fraction of sp³-hybridized carbons (Fsp3) is 0.0385. The van der Waals surface area contributed by atoms with Gasteiger partial charge in [-0.15, -0.1) is 0 Å². The smallest absolute Gasteiger partial charge is 0.267 e. The predicted molar refractivity (Wildman–Crippen MR) is 138 cm³/mol. The van der Waals surface area contributed by atoms with E-state index in [2.05, 4.69) is 16.8 Å². The number of pyridine rings is 1. The fourth-order valence-corrected chi connectivity index (χ4v) is 4.37. The molecule has 2 amide bonds. The zero-order valence-electron chi connectivity index (χ0n) is 17.5. The molecule has 33 heavy (non-hydrogen) atoms. The second kappa shape index (κ2) is 9.71. The van der Waals surface area contributed by atoms with Crippen LogP contribution in [-0.2, 0) is 0 Å². The molecule has 3 aromatic carbocycles. The number of nitrogens with two attached hydrogens (primary N) is 1. The summed E-state index contributed by atoms with van der Waals surface area (Å²) in [7, 11) is 0. The molecular weight excluding hydrogens is 549 g/mol. The first-order chi connectivity index (χ1) is 15.8. The first kappa shape index (κ1) is 22.9. The van der Waals surface area contributed by atoms with Crippen molar-refractivity contribution in [2.75, 3.05) is 0 Å². The standard InChI is InChI=1S/C26H17ClIN3O2/c1-16-9-11-20(25(32)31(29)26(33)24-21(27)6-4-7-22(24)28)14-18(16)12-10-17-13-19-5-2-3-8-23(19)30-15-17/h2-9,11,13-15H,29H2,1H3. The molecule has 4 rings (SSSR count). The van der Waals surface area contributed by atoms with Crippen molar-refractivity contribution in [1.29, 1.82) is 0 Å². The molecule has 0 aliphatic heterocycles. The molecule has 0 aliphatic rings. The Hall–Kier alpha value is -3.25. The monoisotopic (exact) mass is 565 g/mol. The van der Waals surface area contributed by atoms with Crippen molar-refractivity contribution in [2.24, 2.45) is 5.84 Å². The number of amides is 2. The van der Waals surface area contributed by atoms with Gasteiger partial charge in [-0.2, -0.15) is 0 Å². The molecule has 162 valence electrons. The van der Waals surface area contributed by atoms with Crippen molar-refractivity contribution in [2.45, 2.75) is 6.92 Å². The second-order valence-corrected chi connectivity index (χ2v) is 8.84. The van der Waals surface area contributed by atoms with Crippen LogP contribution in [0.25, 0.3) is 10.9 Å². The zero-order chi connectivity index (χ0) is 23.5. The highest BCUT2D eigenvalue weighted by Gasteiger charge is 2.25. The van der Waals surface area contributed by atoms with E-state index < -0.39 is 11.8 Å². The maximum Gasteiger partial charge on any atom is 0.277 e. The van der Waals surface area contributed by atoms with Crippen molar-refractivity contribution in [3.8, 4) is 11.8 Å². The lowest BCUT2D eigenvalue weighted by Crippen LogP contribution is -2.43. The number of hydrazine groups is 1. The molecule has 0 unspecified atom stereocenters. The lowest BCUT2D eigenvalue weighted by atomic mass is 10.0. The van der Waals surface area contributed by atoms with E-state index in [9.17, 15) is 9.59 Å². The highest BCUT2D eigenvalue weighted by Crippen LogP contribution is 2.23. The van der Waals surface area contributed by atoms with Gasteiger partial charge >= 0.3 is 0 Å². The molecular formula is C26H17ClIN3O2. The van der Waals surface area contributed by atoms with Gasteiger partial charge in [0.1, 0.15) is 0 Å². The Balaban J connectivity index is 1.62. The Morgan fingerprint density at radius 2 is 1.79 bits per heavy atom. The number of rotatable bonds is 2. The Labute approximate surface area is 209 Å². The second-order valence-electron chi connectivity index (χ2n) is 7.27. The average Bonchev–Trinajstić information content (AvgIpc) is 2.82. The summed E-state index contributed by atoms with van der Waals surface area (Å²) in [4.78, 5) is 30.2. The van der Waals surface area contributed by atoms with E-state index in [1.165, 1.54) is 0 Å². The van der Waals surface area contributed by atoms with Crippen LogP contribution in [-0.4, -0.2) is 21.8 Å². The number of benzene rings is 3. The minimum atomic E-state index is -0.676. The van der Waals surface area contributed by atoms with E-state index in [4.69, 9.17) is 17.4 Å². The summed E-state index contributed by atoms with van der Waals surface area (Å²) in [5.74, 6) is 10.8. The van der Waals surface area contributed by atoms with E-state index in [1.54, 1.807) is 42.6 Å². The van der Waals surface area contributed by atoms with E-state index in [0.29, 0.717) is 14.1 Å². The van der Waals surface area contributed by atoms with Crippen LogP contribution < -0.4 is 5.84 Å². The number of para-hydroxylation sites is 1. The van der Waals surface area contributed by atoms with Crippen LogP contribution in [0.15, 0.2) is 72.9 Å². The number of hydrogen-bond donors (Lipinski definition) is 1. The highest BCUT2D eigenvalue weighted by atomic mass is 127. The molecule has 5 nitrogen and oxygen atoms in total. The predicted octanol–water partition coefficient (Wildman–Crippen LogP) is 5.36. The Morgan fingerprint density at radius 1 is 1.00 bits per heavy atom. The summed E-state index contributed by atoms with van der Waals surface area (Å²) in [6.45, 7) is 1.90. The van der Waals surface area contributed by atoms with E-state index in [0.717, 1.165) is 22.0 Å². The Morgan fingerprint density at radius 3 is 2.58 bits per heavy atom. The number of aromatic nitrogens is 1. The van der Waals surface area contributed by atoms with Crippen molar-refractivity contribution in [3.05, 3.63) is 109 Å². The maximum absolute atomic E-state index is 12.9. The Bertz CT molecular complexity index is 1450. The van der Waals surface area contributed by atoms with Gasteiger partial charge in [0.05, 0.1) is 16.1 Å². The number of aryl methyl sites for hydroxylation is 1. The number of hydrogen-bond acceptors (Lipinski definition) is 4. The number of fused-ring (bicyclic) bond motifs is 1. The van der Waals surface area contributed by atoms with Crippen LogP contribution in [0.4, 0.5) is 0 Å². The SMILES string of the molecule is Cc1ccc(C(=O)N(N)C(=O)c2c(Cl)cccc2I)cc1C#Cc1cnc2ccccc2c1. The van der Waals surface area contributed by atoms with Crippen LogP contribution in [0.5, 0.6) is 0 Å². The van der Waals surface area contributed by atoms with Crippen LogP contribution in [0.1, 0.15) is 37.4 Å². The molecule has 0 atom stereocenters. The molecule has 1 aromatic heterocycles. The van der Waals surface area contributed by atoms with Gasteiger partial charge in [0.2, 0.25) is 0 Å². The molecule has 0 saturated heterocycles. The first-order valence-electron chi connectivity index (χ1n) is 9.90. The zero-order valence-corrected chi connectivity index (χ0v) is 20.4. The van der Waals surface area contributed by atoms with Gasteiger partial charge in [0.15, 0.2) is 0 Å². The van der Waals surface area contributed by atoms with Crippen molar-refractivity contribution >= 4 is 56.9 Å². The number of carbonyl (C=O) groups excluding carboxylic acids is 2. The molecule has 1 heterocycles. The average molecular weight is 566 g/mol. The largest absolute Gasteiger partial charge is 0.277 e. The number of carbonyl (C=O) groups is 2. The fourth-order valence-electron chi connectivity index (χ4n) is 3.22. The van der Waals surface area contributed by atoms with Crippen LogP contribution in [0.3, 0.4) is 0 Å². The minimum Gasteiger partial charge on any atom is -0.267 e. The summed E-state index contributed by atoms with van der Waals surface area (Å²) in [5.41, 5.74) is 3.64. The van der Waals surface area contributed by atoms with Crippen LogP contribution in [0, 0.1) is 22.3 Å². The highest BCUT2D eigenvalue weighted by molar-refractivity contribution is 14.1. The van der Waals surface area contributed by atoms with Gasteiger partial charge in [-0.25, -0.2) is 10.9 Å². The van der Waals surface area contributed by atoms with Crippen molar-refractivity contribution < 1.29 is 9.59 Å². The molecule has 0 radical (unpaired) electrons. The molecule has 0 aliphatic carbocycles. The molecule has 2 N–H and O–H groups in total. The quantitative estimate of drug-likeness (QED) is 0.0887. The maximum atomic E-state index is 12.9. The molecule has 0 saturated carbocycles. The third kappa shape index (κ3) is 4.91. The number of imide groups is 1. The van der Waals surface area contributed by atoms with Crippen molar-refractivity contribution in [1.82, 2.24) is 9.99 Å². The summed E-state index contributed by atoms with van der Waals surface area (Å²) in [6.07, 6.45) is 1.71. The lowest BCUT2D eigenvalue weighted by Gasteiger charge is -2.17. The lowest BCUT2D eigenvalue weighted by molar-refractivity contribution is 0.0615. The third-order valence-corrected chi connectivity index (χ3v) is 6.24. The molecule has 0 spiro atoms. The topological polar surface area (TPSA) is 76.3 Å².